The van der Waals surface area contributed by atoms with Crippen LogP contribution in [0.2, 0.25) is 0 Å². The first-order valence-electron chi connectivity index (χ1n) is 9.85. The molecule has 0 spiro atoms. The lowest BCUT2D eigenvalue weighted by Crippen LogP contribution is -2.47. The van der Waals surface area contributed by atoms with E-state index in [4.69, 9.17) is 0 Å². The number of hydrogen-bond acceptors (Lipinski definition) is 6. The largest absolute Gasteiger partial charge is 0.369 e. The van der Waals surface area contributed by atoms with E-state index in [9.17, 15) is 4.79 Å². The molecular formula is C20H30N6OS. The SMILES string of the molecule is Cc1cccc(N2CCN(CCCNC(=O)[C@@H](C)Sc3nncn3C)CC2)c1. The second-order valence-electron chi connectivity index (χ2n) is 7.30. The second-order valence-corrected chi connectivity index (χ2v) is 8.60. The summed E-state index contributed by atoms with van der Waals surface area (Å²) < 4.78 is 1.82. The van der Waals surface area contributed by atoms with Crippen LogP contribution in [0.5, 0.6) is 0 Å². The molecular weight excluding hydrogens is 372 g/mol. The highest BCUT2D eigenvalue weighted by molar-refractivity contribution is 8.00. The molecule has 28 heavy (non-hydrogen) atoms. The van der Waals surface area contributed by atoms with E-state index in [1.54, 1.807) is 6.33 Å². The van der Waals surface area contributed by atoms with Crippen molar-refractivity contribution in [3.63, 3.8) is 0 Å². The second kappa shape index (κ2) is 9.93. The fourth-order valence-electron chi connectivity index (χ4n) is 3.30. The molecule has 1 aromatic carbocycles. The fourth-order valence-corrected chi connectivity index (χ4v) is 4.12. The van der Waals surface area contributed by atoms with Crippen LogP contribution >= 0.6 is 11.8 Å². The molecule has 0 saturated carbocycles. The number of aromatic nitrogens is 3. The number of nitrogens with zero attached hydrogens (tertiary/aromatic N) is 5. The Bertz CT molecular complexity index is 772. The van der Waals surface area contributed by atoms with Crippen LogP contribution in [0, 0.1) is 6.92 Å². The van der Waals surface area contributed by atoms with Gasteiger partial charge in [0.2, 0.25) is 5.91 Å². The minimum Gasteiger partial charge on any atom is -0.369 e. The molecule has 1 aliphatic heterocycles. The van der Waals surface area contributed by atoms with Gasteiger partial charge in [0.1, 0.15) is 6.33 Å². The number of hydrogen-bond donors (Lipinski definition) is 1. The molecule has 1 atom stereocenters. The summed E-state index contributed by atoms with van der Waals surface area (Å²) in [7, 11) is 1.88. The zero-order chi connectivity index (χ0) is 19.9. The highest BCUT2D eigenvalue weighted by Crippen LogP contribution is 2.20. The van der Waals surface area contributed by atoms with Crippen molar-refractivity contribution in [1.82, 2.24) is 25.0 Å². The van der Waals surface area contributed by atoms with Gasteiger partial charge >= 0.3 is 0 Å². The van der Waals surface area contributed by atoms with E-state index in [1.807, 2.05) is 18.5 Å². The van der Waals surface area contributed by atoms with Crippen LogP contribution in [0.15, 0.2) is 35.7 Å². The number of piperazine rings is 1. The van der Waals surface area contributed by atoms with Gasteiger partial charge in [0.15, 0.2) is 5.16 Å². The minimum absolute atomic E-state index is 0.0530. The smallest absolute Gasteiger partial charge is 0.233 e. The van der Waals surface area contributed by atoms with E-state index < -0.39 is 0 Å². The molecule has 0 unspecified atom stereocenters. The van der Waals surface area contributed by atoms with E-state index in [1.165, 1.54) is 23.0 Å². The van der Waals surface area contributed by atoms with Gasteiger partial charge in [-0.1, -0.05) is 23.9 Å². The quantitative estimate of drug-likeness (QED) is 0.538. The number of thioether (sulfide) groups is 1. The fraction of sp³-hybridized carbons (Fsp3) is 0.550. The van der Waals surface area contributed by atoms with E-state index in [-0.39, 0.29) is 11.2 Å². The summed E-state index contributed by atoms with van der Waals surface area (Å²) in [6.07, 6.45) is 2.61. The molecule has 152 valence electrons. The molecule has 1 N–H and O–H groups in total. The molecule has 0 radical (unpaired) electrons. The number of amides is 1. The highest BCUT2D eigenvalue weighted by atomic mass is 32.2. The van der Waals surface area contributed by atoms with Crippen molar-refractivity contribution in [2.24, 2.45) is 7.05 Å². The Balaban J connectivity index is 1.31. The van der Waals surface area contributed by atoms with Crippen LogP contribution in [0.1, 0.15) is 18.9 Å². The normalized spacial score (nSPS) is 16.2. The maximum absolute atomic E-state index is 12.2. The van der Waals surface area contributed by atoms with Crippen molar-refractivity contribution in [1.29, 1.82) is 0 Å². The molecule has 2 aromatic rings. The molecule has 1 aliphatic rings. The average molecular weight is 403 g/mol. The number of carbonyl (C=O) groups excluding carboxylic acids is 1. The van der Waals surface area contributed by atoms with Crippen LogP contribution in [-0.2, 0) is 11.8 Å². The third-order valence-corrected chi connectivity index (χ3v) is 6.16. The molecule has 0 bridgehead atoms. The number of aryl methyl sites for hydroxylation is 2. The number of nitrogens with one attached hydrogen (secondary N) is 1. The summed E-state index contributed by atoms with van der Waals surface area (Å²) in [6, 6.07) is 8.72. The van der Waals surface area contributed by atoms with Gasteiger partial charge in [-0.25, -0.2) is 0 Å². The van der Waals surface area contributed by atoms with Crippen molar-refractivity contribution in [2.75, 3.05) is 44.2 Å². The Labute approximate surface area is 171 Å². The van der Waals surface area contributed by atoms with Crippen molar-refractivity contribution < 1.29 is 4.79 Å². The molecule has 1 amide bonds. The average Bonchev–Trinajstić information content (AvgIpc) is 3.10. The minimum atomic E-state index is -0.180. The van der Waals surface area contributed by atoms with Gasteiger partial charge in [-0.2, -0.15) is 0 Å². The van der Waals surface area contributed by atoms with E-state index in [0.717, 1.165) is 44.3 Å². The van der Waals surface area contributed by atoms with Crippen LogP contribution in [0.25, 0.3) is 0 Å². The Morgan fingerprint density at radius 1 is 1.29 bits per heavy atom. The van der Waals surface area contributed by atoms with Crippen molar-refractivity contribution >= 4 is 23.4 Å². The predicted molar refractivity (Wildman–Crippen MR) is 114 cm³/mol. The summed E-state index contributed by atoms with van der Waals surface area (Å²) in [5.74, 6) is 0.0530. The van der Waals surface area contributed by atoms with Gasteiger partial charge in [-0.15, -0.1) is 10.2 Å². The summed E-state index contributed by atoms with van der Waals surface area (Å²) in [5.41, 5.74) is 2.63. The summed E-state index contributed by atoms with van der Waals surface area (Å²) in [6.45, 7) is 10.0. The summed E-state index contributed by atoms with van der Waals surface area (Å²) >= 11 is 1.43. The number of anilines is 1. The van der Waals surface area contributed by atoms with Gasteiger partial charge in [-0.05, 0) is 44.5 Å². The van der Waals surface area contributed by atoms with Crippen molar-refractivity contribution in [3.8, 4) is 0 Å². The lowest BCUT2D eigenvalue weighted by Gasteiger charge is -2.36. The van der Waals surface area contributed by atoms with Crippen LogP contribution < -0.4 is 10.2 Å². The summed E-state index contributed by atoms with van der Waals surface area (Å²) in [5, 5.41) is 11.5. The zero-order valence-corrected chi connectivity index (χ0v) is 17.8. The lowest BCUT2D eigenvalue weighted by molar-refractivity contribution is -0.120. The standard InChI is InChI=1S/C20H30N6OS/c1-16-6-4-7-18(14-16)26-12-10-25(11-13-26)9-5-8-21-19(27)17(2)28-20-23-22-15-24(20)3/h4,6-7,14-15,17H,5,8-13H2,1-3H3,(H,21,27)/t17-/m1/s1. The molecule has 3 rings (SSSR count). The van der Waals surface area contributed by atoms with Gasteiger partial charge in [0.05, 0.1) is 5.25 Å². The lowest BCUT2D eigenvalue weighted by atomic mass is 10.2. The first-order valence-corrected chi connectivity index (χ1v) is 10.7. The van der Waals surface area contributed by atoms with Gasteiger partial charge in [0, 0.05) is 45.5 Å². The van der Waals surface area contributed by atoms with Gasteiger partial charge < -0.3 is 14.8 Å². The molecule has 1 saturated heterocycles. The Morgan fingerprint density at radius 3 is 2.75 bits per heavy atom. The first kappa shape index (κ1) is 20.7. The van der Waals surface area contributed by atoms with E-state index in [2.05, 4.69) is 56.5 Å². The Hall–Kier alpha value is -2.06. The van der Waals surface area contributed by atoms with Crippen molar-refractivity contribution in [3.05, 3.63) is 36.2 Å². The monoisotopic (exact) mass is 402 g/mol. The predicted octanol–water partition coefficient (Wildman–Crippen LogP) is 1.93. The Morgan fingerprint density at radius 2 is 2.07 bits per heavy atom. The maximum Gasteiger partial charge on any atom is 0.233 e. The van der Waals surface area contributed by atoms with Crippen LogP contribution in [-0.4, -0.2) is 70.1 Å². The topological polar surface area (TPSA) is 66.3 Å². The Kier molecular flexibility index (Phi) is 7.33. The molecule has 0 aliphatic carbocycles. The molecule has 7 nitrogen and oxygen atoms in total. The number of benzene rings is 1. The number of rotatable bonds is 8. The van der Waals surface area contributed by atoms with E-state index in [0.29, 0.717) is 6.54 Å². The van der Waals surface area contributed by atoms with Crippen LogP contribution in [0.3, 0.4) is 0 Å². The number of carbonyl (C=O) groups is 1. The summed E-state index contributed by atoms with van der Waals surface area (Å²) in [4.78, 5) is 17.2. The third kappa shape index (κ3) is 5.72. The van der Waals surface area contributed by atoms with E-state index >= 15 is 0 Å². The van der Waals surface area contributed by atoms with Gasteiger partial charge in [-0.3, -0.25) is 9.69 Å². The van der Waals surface area contributed by atoms with Crippen LogP contribution in [0.4, 0.5) is 5.69 Å². The maximum atomic E-state index is 12.2. The van der Waals surface area contributed by atoms with Crippen molar-refractivity contribution in [2.45, 2.75) is 30.7 Å². The van der Waals surface area contributed by atoms with Gasteiger partial charge in [0.25, 0.3) is 0 Å². The molecule has 1 fully saturated rings. The third-order valence-electron chi connectivity index (χ3n) is 5.01. The molecule has 8 heteroatoms. The molecule has 2 heterocycles. The zero-order valence-electron chi connectivity index (χ0n) is 17.0. The first-order chi connectivity index (χ1) is 13.5. The highest BCUT2D eigenvalue weighted by Gasteiger charge is 2.18. The molecule has 1 aromatic heterocycles.